The monoisotopic (exact) mass is 326 g/mol. The predicted octanol–water partition coefficient (Wildman–Crippen LogP) is 2.02. The summed E-state index contributed by atoms with van der Waals surface area (Å²) >= 11 is 0. The number of likely N-dealkylation sites (N-methyl/N-ethyl adjacent to an activating group) is 1. The van der Waals surface area contributed by atoms with Crippen LogP contribution >= 0.6 is 0 Å². The summed E-state index contributed by atoms with van der Waals surface area (Å²) in [7, 11) is 1.54. The lowest BCUT2D eigenvalue weighted by atomic mass is 9.97. The number of amides is 2. The van der Waals surface area contributed by atoms with Gasteiger partial charge in [0.25, 0.3) is 0 Å². The molecule has 5 nitrogen and oxygen atoms in total. The Morgan fingerprint density at radius 1 is 1.25 bits per heavy atom. The molecular weight excluding hydrogens is 304 g/mol. The van der Waals surface area contributed by atoms with Gasteiger partial charge in [0.2, 0.25) is 11.8 Å². The minimum atomic E-state index is -0.319. The zero-order valence-corrected chi connectivity index (χ0v) is 13.7. The highest BCUT2D eigenvalue weighted by atomic mass is 16.3. The fourth-order valence-electron chi connectivity index (χ4n) is 2.68. The number of carbonyl (C=O) groups is 2. The zero-order chi connectivity index (χ0) is 17.5. The Balaban J connectivity index is 2.21. The lowest BCUT2D eigenvalue weighted by Crippen LogP contribution is -2.39. The number of aliphatic hydroxyl groups excluding tert-OH is 1. The quantitative estimate of drug-likeness (QED) is 0.765. The van der Waals surface area contributed by atoms with Crippen LogP contribution in [0.1, 0.15) is 18.0 Å². The van der Waals surface area contributed by atoms with E-state index in [0.717, 1.165) is 16.3 Å². The Bertz CT molecular complexity index is 737. The smallest absolute Gasteiger partial charge is 0.246 e. The molecule has 126 valence electrons. The van der Waals surface area contributed by atoms with Crippen molar-refractivity contribution in [2.45, 2.75) is 12.5 Å². The molecule has 1 atom stereocenters. The predicted molar refractivity (Wildman–Crippen MR) is 94.4 cm³/mol. The van der Waals surface area contributed by atoms with Gasteiger partial charge in [-0.15, -0.1) is 0 Å². The van der Waals surface area contributed by atoms with Crippen LogP contribution in [0.2, 0.25) is 0 Å². The summed E-state index contributed by atoms with van der Waals surface area (Å²) < 4.78 is 0. The molecule has 0 bridgehead atoms. The number of rotatable bonds is 7. The molecule has 0 saturated carbocycles. The van der Waals surface area contributed by atoms with Crippen molar-refractivity contribution in [2.75, 3.05) is 20.2 Å². The third kappa shape index (κ3) is 4.20. The van der Waals surface area contributed by atoms with Gasteiger partial charge in [0.1, 0.15) is 0 Å². The van der Waals surface area contributed by atoms with Gasteiger partial charge < -0.3 is 15.3 Å². The number of aliphatic hydroxyl groups is 1. The number of hydrogen-bond acceptors (Lipinski definition) is 3. The maximum Gasteiger partial charge on any atom is 0.246 e. The van der Waals surface area contributed by atoms with Crippen LogP contribution in [-0.4, -0.2) is 42.0 Å². The van der Waals surface area contributed by atoms with E-state index in [9.17, 15) is 14.7 Å². The van der Waals surface area contributed by atoms with Gasteiger partial charge in [-0.2, -0.15) is 0 Å². The van der Waals surface area contributed by atoms with Crippen LogP contribution in [0, 0.1) is 0 Å². The summed E-state index contributed by atoms with van der Waals surface area (Å²) in [6.07, 6.45) is 1.57. The molecule has 0 heterocycles. The van der Waals surface area contributed by atoms with Crippen molar-refractivity contribution in [1.82, 2.24) is 10.2 Å². The maximum absolute atomic E-state index is 12.2. The average molecular weight is 326 g/mol. The molecule has 0 fully saturated rings. The van der Waals surface area contributed by atoms with Gasteiger partial charge >= 0.3 is 0 Å². The number of fused-ring (bicyclic) bond motifs is 1. The molecule has 0 radical (unpaired) electrons. The zero-order valence-electron chi connectivity index (χ0n) is 13.7. The molecule has 24 heavy (non-hydrogen) atoms. The number of benzene rings is 2. The molecular formula is C19H22N2O3. The van der Waals surface area contributed by atoms with E-state index in [1.54, 1.807) is 7.05 Å². The first-order chi connectivity index (χ1) is 11.6. The van der Waals surface area contributed by atoms with Gasteiger partial charge in [-0.1, -0.05) is 49.0 Å². The Labute approximate surface area is 141 Å². The molecule has 5 heteroatoms. The first kappa shape index (κ1) is 17.7. The average Bonchev–Trinajstić information content (AvgIpc) is 2.60. The van der Waals surface area contributed by atoms with Gasteiger partial charge in [-0.25, -0.2) is 0 Å². The van der Waals surface area contributed by atoms with E-state index in [4.69, 9.17) is 0 Å². The molecule has 0 saturated heterocycles. The lowest BCUT2D eigenvalue weighted by molar-refractivity contribution is -0.131. The van der Waals surface area contributed by atoms with E-state index in [1.807, 2.05) is 42.5 Å². The van der Waals surface area contributed by atoms with Crippen LogP contribution in [0.3, 0.4) is 0 Å². The standard InChI is InChI=1S/C19H22N2O3/c1-3-19(24)21(2)13-18(23)20-17(11-12-22)16-10-6-8-14-7-4-5-9-15(14)16/h3-10,17,22H,1,11-13H2,2H3,(H,20,23)/t17-/m0/s1. The molecule has 2 aromatic carbocycles. The Hall–Kier alpha value is -2.66. The largest absolute Gasteiger partial charge is 0.396 e. The molecule has 0 unspecified atom stereocenters. The van der Waals surface area contributed by atoms with Crippen molar-refractivity contribution in [3.05, 3.63) is 60.7 Å². The number of nitrogens with zero attached hydrogens (tertiary/aromatic N) is 1. The Morgan fingerprint density at radius 3 is 2.67 bits per heavy atom. The van der Waals surface area contributed by atoms with Crippen molar-refractivity contribution in [3.8, 4) is 0 Å². The van der Waals surface area contributed by atoms with Gasteiger partial charge in [0.15, 0.2) is 0 Å². The van der Waals surface area contributed by atoms with Crippen LogP contribution in [0.4, 0.5) is 0 Å². The Morgan fingerprint density at radius 2 is 1.96 bits per heavy atom. The van der Waals surface area contributed by atoms with Crippen LogP contribution in [0.5, 0.6) is 0 Å². The second-order valence-corrected chi connectivity index (χ2v) is 5.60. The lowest BCUT2D eigenvalue weighted by Gasteiger charge is -2.22. The molecule has 0 aliphatic carbocycles. The van der Waals surface area contributed by atoms with Gasteiger partial charge in [0.05, 0.1) is 12.6 Å². The van der Waals surface area contributed by atoms with Crippen LogP contribution in [-0.2, 0) is 9.59 Å². The number of hydrogen-bond donors (Lipinski definition) is 2. The van der Waals surface area contributed by atoms with Crippen LogP contribution in [0.25, 0.3) is 10.8 Å². The third-order valence-corrected chi connectivity index (χ3v) is 3.88. The first-order valence-corrected chi connectivity index (χ1v) is 7.82. The fraction of sp³-hybridized carbons (Fsp3) is 0.263. The first-order valence-electron chi connectivity index (χ1n) is 7.82. The molecule has 0 aliphatic heterocycles. The van der Waals surface area contributed by atoms with E-state index < -0.39 is 0 Å². The number of carbonyl (C=O) groups excluding carboxylic acids is 2. The van der Waals surface area contributed by atoms with Crippen molar-refractivity contribution in [1.29, 1.82) is 0 Å². The minimum Gasteiger partial charge on any atom is -0.396 e. The highest BCUT2D eigenvalue weighted by molar-refractivity contribution is 5.91. The van der Waals surface area contributed by atoms with E-state index in [2.05, 4.69) is 11.9 Å². The molecule has 2 rings (SSSR count). The third-order valence-electron chi connectivity index (χ3n) is 3.88. The normalized spacial score (nSPS) is 11.8. The Kier molecular flexibility index (Phi) is 6.09. The molecule has 0 aromatic heterocycles. The number of nitrogens with one attached hydrogen (secondary N) is 1. The fourth-order valence-corrected chi connectivity index (χ4v) is 2.68. The van der Waals surface area contributed by atoms with E-state index in [1.165, 1.54) is 11.0 Å². The maximum atomic E-state index is 12.2. The molecule has 0 spiro atoms. The van der Waals surface area contributed by atoms with Gasteiger partial charge in [-0.05, 0) is 28.8 Å². The SMILES string of the molecule is C=CC(=O)N(C)CC(=O)N[C@@H](CCO)c1cccc2ccccc12. The molecule has 2 amide bonds. The second kappa shape index (κ2) is 8.26. The highest BCUT2D eigenvalue weighted by Gasteiger charge is 2.18. The van der Waals surface area contributed by atoms with E-state index in [0.29, 0.717) is 6.42 Å². The summed E-state index contributed by atoms with van der Waals surface area (Å²) in [6, 6.07) is 13.5. The minimum absolute atomic E-state index is 0.0460. The summed E-state index contributed by atoms with van der Waals surface area (Å²) in [5.41, 5.74) is 0.952. The van der Waals surface area contributed by atoms with Gasteiger partial charge in [-0.3, -0.25) is 9.59 Å². The second-order valence-electron chi connectivity index (χ2n) is 5.60. The van der Waals surface area contributed by atoms with Crippen molar-refractivity contribution in [3.63, 3.8) is 0 Å². The topological polar surface area (TPSA) is 69.6 Å². The summed E-state index contributed by atoms with van der Waals surface area (Å²) in [5.74, 6) is -0.590. The van der Waals surface area contributed by atoms with Crippen LogP contribution < -0.4 is 5.32 Å². The molecule has 0 aliphatic rings. The van der Waals surface area contributed by atoms with Crippen molar-refractivity contribution < 1.29 is 14.7 Å². The van der Waals surface area contributed by atoms with E-state index in [-0.39, 0.29) is 31.0 Å². The highest BCUT2D eigenvalue weighted by Crippen LogP contribution is 2.26. The molecule has 2 aromatic rings. The van der Waals surface area contributed by atoms with Crippen LogP contribution in [0.15, 0.2) is 55.1 Å². The summed E-state index contributed by atoms with van der Waals surface area (Å²) in [4.78, 5) is 25.0. The summed E-state index contributed by atoms with van der Waals surface area (Å²) in [6.45, 7) is 3.30. The molecule has 2 N–H and O–H groups in total. The van der Waals surface area contributed by atoms with Gasteiger partial charge in [0, 0.05) is 13.7 Å². The van der Waals surface area contributed by atoms with Crippen molar-refractivity contribution >= 4 is 22.6 Å². The van der Waals surface area contributed by atoms with Crippen molar-refractivity contribution in [2.24, 2.45) is 0 Å². The summed E-state index contributed by atoms with van der Waals surface area (Å²) in [5, 5.41) is 14.4. The van der Waals surface area contributed by atoms with E-state index >= 15 is 0 Å².